The van der Waals surface area contributed by atoms with Crippen molar-refractivity contribution in [2.75, 3.05) is 0 Å². The minimum Gasteiger partial charge on any atom is -0.486 e. The highest BCUT2D eigenvalue weighted by atomic mass is 35.5. The minimum absolute atomic E-state index is 0.239. The SMILES string of the molecule is Cc1ccc(C(N)=O)c(OCc2cn3cc(Cl)ccc3n2)c1. The van der Waals surface area contributed by atoms with E-state index in [0.29, 0.717) is 16.3 Å². The Bertz CT molecular complexity index is 858. The first-order valence-electron chi connectivity index (χ1n) is 6.69. The van der Waals surface area contributed by atoms with Crippen molar-refractivity contribution in [3.05, 3.63) is 64.6 Å². The Morgan fingerprint density at radius 2 is 2.14 bits per heavy atom. The van der Waals surface area contributed by atoms with Gasteiger partial charge in [-0.25, -0.2) is 4.98 Å². The number of primary amides is 1. The van der Waals surface area contributed by atoms with Crippen LogP contribution in [0.1, 0.15) is 21.6 Å². The van der Waals surface area contributed by atoms with Crippen LogP contribution >= 0.6 is 11.6 Å². The van der Waals surface area contributed by atoms with Crippen LogP contribution < -0.4 is 10.5 Å². The summed E-state index contributed by atoms with van der Waals surface area (Å²) in [5, 5.41) is 0.632. The molecule has 0 fully saturated rings. The van der Waals surface area contributed by atoms with E-state index in [1.165, 1.54) is 0 Å². The zero-order valence-electron chi connectivity index (χ0n) is 11.9. The number of pyridine rings is 1. The van der Waals surface area contributed by atoms with Gasteiger partial charge in [0.2, 0.25) is 0 Å². The van der Waals surface area contributed by atoms with E-state index in [9.17, 15) is 4.79 Å². The lowest BCUT2D eigenvalue weighted by Crippen LogP contribution is -2.13. The molecular formula is C16H14ClN3O2. The number of rotatable bonds is 4. The highest BCUT2D eigenvalue weighted by Crippen LogP contribution is 2.21. The Morgan fingerprint density at radius 1 is 1.32 bits per heavy atom. The molecule has 0 aliphatic carbocycles. The van der Waals surface area contributed by atoms with Gasteiger partial charge in [-0.1, -0.05) is 17.7 Å². The van der Waals surface area contributed by atoms with E-state index >= 15 is 0 Å². The summed E-state index contributed by atoms with van der Waals surface area (Å²) in [7, 11) is 0. The van der Waals surface area contributed by atoms with Gasteiger partial charge in [0.1, 0.15) is 18.0 Å². The van der Waals surface area contributed by atoms with Gasteiger partial charge in [-0.15, -0.1) is 0 Å². The molecule has 0 aliphatic rings. The molecule has 3 rings (SSSR count). The van der Waals surface area contributed by atoms with Gasteiger partial charge in [-0.2, -0.15) is 0 Å². The molecule has 22 heavy (non-hydrogen) atoms. The van der Waals surface area contributed by atoms with E-state index in [1.54, 1.807) is 24.4 Å². The first-order valence-corrected chi connectivity index (χ1v) is 7.07. The third kappa shape index (κ3) is 2.89. The fourth-order valence-electron chi connectivity index (χ4n) is 2.19. The van der Waals surface area contributed by atoms with Crippen molar-refractivity contribution in [2.24, 2.45) is 5.73 Å². The molecule has 3 aromatic rings. The van der Waals surface area contributed by atoms with E-state index in [0.717, 1.165) is 16.9 Å². The maximum absolute atomic E-state index is 11.4. The second kappa shape index (κ2) is 5.69. The molecule has 0 unspecified atom stereocenters. The van der Waals surface area contributed by atoms with Crippen molar-refractivity contribution < 1.29 is 9.53 Å². The second-order valence-electron chi connectivity index (χ2n) is 5.00. The van der Waals surface area contributed by atoms with Crippen molar-refractivity contribution in [2.45, 2.75) is 13.5 Å². The molecule has 112 valence electrons. The molecule has 0 bridgehead atoms. The molecule has 0 atom stereocenters. The normalized spacial score (nSPS) is 10.8. The molecule has 6 heteroatoms. The Hall–Kier alpha value is -2.53. The number of aryl methyl sites for hydroxylation is 1. The number of halogens is 1. The van der Waals surface area contributed by atoms with Gasteiger partial charge in [-0.3, -0.25) is 4.79 Å². The van der Waals surface area contributed by atoms with E-state index in [2.05, 4.69) is 4.98 Å². The smallest absolute Gasteiger partial charge is 0.252 e. The van der Waals surface area contributed by atoms with Crippen molar-refractivity contribution in [1.82, 2.24) is 9.38 Å². The molecule has 5 nitrogen and oxygen atoms in total. The summed E-state index contributed by atoms with van der Waals surface area (Å²) in [4.78, 5) is 15.9. The van der Waals surface area contributed by atoms with Crippen molar-refractivity contribution in [1.29, 1.82) is 0 Å². The number of carbonyl (C=O) groups excluding carboxylic acids is 1. The lowest BCUT2D eigenvalue weighted by atomic mass is 10.1. The maximum atomic E-state index is 11.4. The van der Waals surface area contributed by atoms with Gasteiger partial charge in [-0.05, 0) is 36.8 Å². The molecular weight excluding hydrogens is 302 g/mol. The molecule has 0 spiro atoms. The Kier molecular flexibility index (Phi) is 3.73. The quantitative estimate of drug-likeness (QED) is 0.804. The lowest BCUT2D eigenvalue weighted by molar-refractivity contribution is 0.0996. The number of benzene rings is 1. The highest BCUT2D eigenvalue weighted by molar-refractivity contribution is 6.30. The summed E-state index contributed by atoms with van der Waals surface area (Å²) < 4.78 is 7.54. The number of imidazole rings is 1. The van der Waals surface area contributed by atoms with Crippen LogP contribution in [0.15, 0.2) is 42.7 Å². The standard InChI is InChI=1S/C16H14ClN3O2/c1-10-2-4-13(16(18)21)14(6-10)22-9-12-8-20-7-11(17)3-5-15(20)19-12/h2-8H,9H2,1H3,(H2,18,21). The molecule has 1 amide bonds. The van der Waals surface area contributed by atoms with Gasteiger partial charge in [0.05, 0.1) is 16.3 Å². The summed E-state index contributed by atoms with van der Waals surface area (Å²) in [6.07, 6.45) is 3.61. The number of nitrogens with zero attached hydrogens (tertiary/aromatic N) is 2. The van der Waals surface area contributed by atoms with E-state index < -0.39 is 5.91 Å². The van der Waals surface area contributed by atoms with Crippen LogP contribution in [0.4, 0.5) is 0 Å². The average Bonchev–Trinajstić information content (AvgIpc) is 2.86. The van der Waals surface area contributed by atoms with E-state index in [1.807, 2.05) is 29.7 Å². The summed E-state index contributed by atoms with van der Waals surface area (Å²) in [5.74, 6) is -0.0561. The van der Waals surface area contributed by atoms with Gasteiger partial charge in [0.15, 0.2) is 0 Å². The predicted octanol–water partition coefficient (Wildman–Crippen LogP) is 2.97. The highest BCUT2D eigenvalue weighted by Gasteiger charge is 2.11. The van der Waals surface area contributed by atoms with E-state index in [-0.39, 0.29) is 6.61 Å². The summed E-state index contributed by atoms with van der Waals surface area (Å²) >= 11 is 5.94. The Morgan fingerprint density at radius 3 is 2.91 bits per heavy atom. The third-order valence-corrected chi connectivity index (χ3v) is 3.47. The van der Waals surface area contributed by atoms with Gasteiger partial charge < -0.3 is 14.9 Å². The predicted molar refractivity (Wildman–Crippen MR) is 84.2 cm³/mol. The summed E-state index contributed by atoms with van der Waals surface area (Å²) in [6.45, 7) is 2.16. The fraction of sp³-hybridized carbons (Fsp3) is 0.125. The van der Waals surface area contributed by atoms with Crippen LogP contribution in [0.2, 0.25) is 5.02 Å². The zero-order chi connectivity index (χ0) is 15.7. The Balaban J connectivity index is 1.84. The molecule has 2 heterocycles. The van der Waals surface area contributed by atoms with Gasteiger partial charge in [0.25, 0.3) is 5.91 Å². The van der Waals surface area contributed by atoms with Crippen LogP contribution in [-0.4, -0.2) is 15.3 Å². The maximum Gasteiger partial charge on any atom is 0.252 e. The lowest BCUT2D eigenvalue weighted by Gasteiger charge is -2.09. The van der Waals surface area contributed by atoms with Gasteiger partial charge in [0, 0.05) is 12.4 Å². The summed E-state index contributed by atoms with van der Waals surface area (Å²) in [5.41, 5.74) is 8.22. The monoisotopic (exact) mass is 315 g/mol. The number of ether oxygens (including phenoxy) is 1. The zero-order valence-corrected chi connectivity index (χ0v) is 12.7. The largest absolute Gasteiger partial charge is 0.486 e. The number of aromatic nitrogens is 2. The van der Waals surface area contributed by atoms with Gasteiger partial charge >= 0.3 is 0 Å². The number of hydrogen-bond donors (Lipinski definition) is 1. The van der Waals surface area contributed by atoms with E-state index in [4.69, 9.17) is 22.1 Å². The third-order valence-electron chi connectivity index (χ3n) is 3.24. The molecule has 0 saturated carbocycles. The number of carbonyl (C=O) groups is 1. The molecule has 0 radical (unpaired) electrons. The molecule has 1 aromatic carbocycles. The van der Waals surface area contributed by atoms with Crippen molar-refractivity contribution in [3.63, 3.8) is 0 Å². The summed E-state index contributed by atoms with van der Waals surface area (Å²) in [6, 6.07) is 8.87. The van der Waals surface area contributed by atoms with Crippen LogP contribution in [0, 0.1) is 6.92 Å². The number of amides is 1. The minimum atomic E-state index is -0.517. The number of nitrogens with two attached hydrogens (primary N) is 1. The van der Waals surface area contributed by atoms with Crippen LogP contribution in [0.3, 0.4) is 0 Å². The molecule has 0 saturated heterocycles. The topological polar surface area (TPSA) is 69.6 Å². The van der Waals surface area contributed by atoms with Crippen LogP contribution in [-0.2, 0) is 6.61 Å². The van der Waals surface area contributed by atoms with Crippen molar-refractivity contribution in [3.8, 4) is 5.75 Å². The number of hydrogen-bond acceptors (Lipinski definition) is 3. The van der Waals surface area contributed by atoms with Crippen LogP contribution in [0.25, 0.3) is 5.65 Å². The first-order chi connectivity index (χ1) is 10.5. The van der Waals surface area contributed by atoms with Crippen molar-refractivity contribution >= 4 is 23.2 Å². The molecule has 0 aliphatic heterocycles. The number of fused-ring (bicyclic) bond motifs is 1. The Labute approximate surface area is 132 Å². The average molecular weight is 316 g/mol. The fourth-order valence-corrected chi connectivity index (χ4v) is 2.36. The molecule has 2 N–H and O–H groups in total. The van der Waals surface area contributed by atoms with Crippen LogP contribution in [0.5, 0.6) is 5.75 Å². The second-order valence-corrected chi connectivity index (χ2v) is 5.43. The first kappa shape index (κ1) is 14.4. The molecule has 2 aromatic heterocycles.